The second kappa shape index (κ2) is 11.8. The Morgan fingerprint density at radius 1 is 1.08 bits per heavy atom. The summed E-state index contributed by atoms with van der Waals surface area (Å²) in [6, 6.07) is 16.0. The SMILES string of the molecule is COC(=O)Cn1cc(CN(Cc2ccnc(C)c2)[C@H]2CCCN(c3ccc(C)nc3)C2)c(=O)c2ccccc21. The fourth-order valence-corrected chi connectivity index (χ4v) is 5.46. The molecule has 1 aliphatic rings. The number of esters is 1. The van der Waals surface area contributed by atoms with Gasteiger partial charge in [-0.15, -0.1) is 0 Å². The number of rotatable bonds is 8. The Balaban J connectivity index is 1.50. The lowest BCUT2D eigenvalue weighted by molar-refractivity contribution is -0.141. The number of carbonyl (C=O) groups is 1. The van der Waals surface area contributed by atoms with Crippen LogP contribution in [0.2, 0.25) is 0 Å². The van der Waals surface area contributed by atoms with Crippen LogP contribution in [0.5, 0.6) is 0 Å². The maximum Gasteiger partial charge on any atom is 0.325 e. The number of aryl methyl sites for hydroxylation is 2. The molecule has 4 heterocycles. The number of ether oxygens (including phenoxy) is 1. The summed E-state index contributed by atoms with van der Waals surface area (Å²) in [6.45, 7) is 7.02. The minimum Gasteiger partial charge on any atom is -0.468 e. The molecule has 0 spiro atoms. The van der Waals surface area contributed by atoms with Crippen molar-refractivity contribution in [2.45, 2.75) is 52.4 Å². The molecule has 0 saturated carbocycles. The van der Waals surface area contributed by atoms with Crippen LogP contribution >= 0.6 is 0 Å². The van der Waals surface area contributed by atoms with Crippen LogP contribution in [0.25, 0.3) is 10.9 Å². The Hall–Kier alpha value is -4.04. The van der Waals surface area contributed by atoms with Crippen molar-refractivity contribution in [3.05, 3.63) is 99.9 Å². The van der Waals surface area contributed by atoms with Gasteiger partial charge in [-0.1, -0.05) is 12.1 Å². The zero-order chi connectivity index (χ0) is 27.4. The van der Waals surface area contributed by atoms with E-state index in [2.05, 4.69) is 38.0 Å². The van der Waals surface area contributed by atoms with Gasteiger partial charge in [0.15, 0.2) is 5.43 Å². The summed E-state index contributed by atoms with van der Waals surface area (Å²) < 4.78 is 6.77. The van der Waals surface area contributed by atoms with Crippen molar-refractivity contribution >= 4 is 22.6 Å². The van der Waals surface area contributed by atoms with Crippen molar-refractivity contribution in [1.82, 2.24) is 19.4 Å². The first-order valence-corrected chi connectivity index (χ1v) is 13.4. The number of para-hydroxylation sites is 1. The Labute approximate surface area is 228 Å². The van der Waals surface area contributed by atoms with Gasteiger partial charge in [-0.3, -0.25) is 24.5 Å². The molecule has 1 atom stereocenters. The summed E-state index contributed by atoms with van der Waals surface area (Å²) in [7, 11) is 1.38. The van der Waals surface area contributed by atoms with E-state index in [-0.39, 0.29) is 24.0 Å². The normalized spacial score (nSPS) is 15.6. The van der Waals surface area contributed by atoms with Crippen LogP contribution in [0.4, 0.5) is 5.69 Å². The number of hydrogen-bond donors (Lipinski definition) is 0. The van der Waals surface area contributed by atoms with E-state index in [1.807, 2.05) is 67.3 Å². The van der Waals surface area contributed by atoms with Gasteiger partial charge < -0.3 is 14.2 Å². The first kappa shape index (κ1) is 26.6. The molecular formula is C31H35N5O3. The lowest BCUT2D eigenvalue weighted by Gasteiger charge is -2.40. The molecule has 8 heteroatoms. The topological polar surface area (TPSA) is 80.6 Å². The number of carbonyl (C=O) groups excluding carboxylic acids is 1. The van der Waals surface area contributed by atoms with Crippen LogP contribution in [-0.4, -0.2) is 51.6 Å². The fraction of sp³-hybridized carbons (Fsp3) is 0.355. The van der Waals surface area contributed by atoms with Crippen LogP contribution in [0.3, 0.4) is 0 Å². The van der Waals surface area contributed by atoms with Crippen molar-refractivity contribution in [3.63, 3.8) is 0 Å². The number of nitrogens with zero attached hydrogens (tertiary/aromatic N) is 5. The molecule has 4 aromatic rings. The average Bonchev–Trinajstić information content (AvgIpc) is 2.95. The molecule has 0 bridgehead atoms. The standard InChI is InChI=1S/C31H35N5O3/c1-22-10-11-26(16-33-22)34-14-6-7-27(20-34)35(17-24-12-13-32-23(2)15-24)18-25-19-36(21-30(37)39-3)29-9-5-4-8-28(29)31(25)38/h4-5,8-13,15-16,19,27H,6-7,14,17-18,20-21H2,1-3H3/t27-/m0/s1. The van der Waals surface area contributed by atoms with Crippen LogP contribution in [0.1, 0.15) is 35.4 Å². The highest BCUT2D eigenvalue weighted by molar-refractivity contribution is 5.81. The smallest absolute Gasteiger partial charge is 0.325 e. The third-order valence-corrected chi connectivity index (χ3v) is 7.48. The molecule has 202 valence electrons. The van der Waals surface area contributed by atoms with E-state index in [4.69, 9.17) is 4.74 Å². The summed E-state index contributed by atoms with van der Waals surface area (Å²) in [4.78, 5) is 39.6. The minimum absolute atomic E-state index is 0.00183. The predicted molar refractivity (Wildman–Crippen MR) is 153 cm³/mol. The van der Waals surface area contributed by atoms with E-state index in [0.717, 1.165) is 54.1 Å². The van der Waals surface area contributed by atoms with E-state index in [1.165, 1.54) is 7.11 Å². The number of aromatic nitrogens is 3. The van der Waals surface area contributed by atoms with Gasteiger partial charge in [0.05, 0.1) is 24.5 Å². The van der Waals surface area contributed by atoms with Gasteiger partial charge in [-0.25, -0.2) is 0 Å². The molecule has 0 N–H and O–H groups in total. The van der Waals surface area contributed by atoms with Gasteiger partial charge in [0, 0.05) is 67.0 Å². The number of anilines is 1. The quantitative estimate of drug-likeness (QED) is 0.318. The van der Waals surface area contributed by atoms with Crippen molar-refractivity contribution in [2.75, 3.05) is 25.1 Å². The lowest BCUT2D eigenvalue weighted by Crippen LogP contribution is -2.48. The van der Waals surface area contributed by atoms with Crippen molar-refractivity contribution < 1.29 is 9.53 Å². The molecule has 1 fully saturated rings. The Morgan fingerprint density at radius 3 is 2.69 bits per heavy atom. The summed E-state index contributed by atoms with van der Waals surface area (Å²) >= 11 is 0. The molecular weight excluding hydrogens is 490 g/mol. The maximum absolute atomic E-state index is 13.7. The molecule has 0 radical (unpaired) electrons. The number of benzene rings is 1. The van der Waals surface area contributed by atoms with Crippen LogP contribution in [-0.2, 0) is 29.2 Å². The van der Waals surface area contributed by atoms with Gasteiger partial charge in [0.1, 0.15) is 6.54 Å². The Kier molecular flexibility index (Phi) is 8.02. The predicted octanol–water partition coefficient (Wildman–Crippen LogP) is 4.25. The number of hydrogen-bond acceptors (Lipinski definition) is 7. The molecule has 8 nitrogen and oxygen atoms in total. The third kappa shape index (κ3) is 6.17. The van der Waals surface area contributed by atoms with E-state index < -0.39 is 0 Å². The van der Waals surface area contributed by atoms with Crippen molar-refractivity contribution in [1.29, 1.82) is 0 Å². The number of piperidine rings is 1. The van der Waals surface area contributed by atoms with E-state index in [9.17, 15) is 9.59 Å². The molecule has 0 aliphatic carbocycles. The third-order valence-electron chi connectivity index (χ3n) is 7.48. The highest BCUT2D eigenvalue weighted by Crippen LogP contribution is 2.25. The molecule has 39 heavy (non-hydrogen) atoms. The summed E-state index contributed by atoms with van der Waals surface area (Å²) in [6.07, 6.45) is 7.70. The Morgan fingerprint density at radius 2 is 1.92 bits per heavy atom. The maximum atomic E-state index is 13.7. The van der Waals surface area contributed by atoms with Crippen LogP contribution in [0, 0.1) is 13.8 Å². The number of pyridine rings is 3. The fourth-order valence-electron chi connectivity index (χ4n) is 5.46. The second-order valence-electron chi connectivity index (χ2n) is 10.3. The van der Waals surface area contributed by atoms with Gasteiger partial charge in [0.2, 0.25) is 0 Å². The minimum atomic E-state index is -0.353. The number of fused-ring (bicyclic) bond motifs is 1. The molecule has 0 amide bonds. The first-order valence-electron chi connectivity index (χ1n) is 13.4. The second-order valence-corrected chi connectivity index (χ2v) is 10.3. The highest BCUT2D eigenvalue weighted by Gasteiger charge is 2.27. The zero-order valence-corrected chi connectivity index (χ0v) is 22.8. The monoisotopic (exact) mass is 525 g/mol. The van der Waals surface area contributed by atoms with Crippen LogP contribution in [0.15, 0.2) is 71.9 Å². The lowest BCUT2D eigenvalue weighted by atomic mass is 10.0. The molecule has 5 rings (SSSR count). The highest BCUT2D eigenvalue weighted by atomic mass is 16.5. The average molecular weight is 526 g/mol. The largest absolute Gasteiger partial charge is 0.468 e. The molecule has 1 aliphatic heterocycles. The van der Waals surface area contributed by atoms with Crippen molar-refractivity contribution in [2.24, 2.45) is 0 Å². The molecule has 0 unspecified atom stereocenters. The first-order chi connectivity index (χ1) is 18.9. The van der Waals surface area contributed by atoms with Gasteiger partial charge in [0.25, 0.3) is 0 Å². The van der Waals surface area contributed by atoms with Crippen molar-refractivity contribution in [3.8, 4) is 0 Å². The van der Waals surface area contributed by atoms with Gasteiger partial charge in [-0.05, 0) is 68.7 Å². The van der Waals surface area contributed by atoms with E-state index in [1.54, 1.807) is 0 Å². The van der Waals surface area contributed by atoms with Gasteiger partial charge in [-0.2, -0.15) is 0 Å². The van der Waals surface area contributed by atoms with E-state index in [0.29, 0.717) is 24.0 Å². The summed E-state index contributed by atoms with van der Waals surface area (Å²) in [5.41, 5.74) is 5.64. The molecule has 1 saturated heterocycles. The van der Waals surface area contributed by atoms with Gasteiger partial charge >= 0.3 is 5.97 Å². The summed E-state index contributed by atoms with van der Waals surface area (Å²) in [5.74, 6) is -0.353. The molecule has 1 aromatic carbocycles. The van der Waals surface area contributed by atoms with E-state index >= 15 is 0 Å². The number of methoxy groups -OCH3 is 1. The Bertz CT molecular complexity index is 1520. The zero-order valence-electron chi connectivity index (χ0n) is 22.8. The molecule has 3 aromatic heterocycles. The summed E-state index contributed by atoms with van der Waals surface area (Å²) in [5, 5.41) is 0.606. The van der Waals surface area contributed by atoms with Crippen LogP contribution < -0.4 is 10.3 Å².